The summed E-state index contributed by atoms with van der Waals surface area (Å²) in [5.41, 5.74) is 8.74. The number of aliphatic imine (C=N–C) groups is 1. The van der Waals surface area contributed by atoms with E-state index < -0.39 is 0 Å². The summed E-state index contributed by atoms with van der Waals surface area (Å²) in [6.07, 6.45) is 2.79. The van der Waals surface area contributed by atoms with Gasteiger partial charge in [0, 0.05) is 44.3 Å². The molecule has 1 fully saturated rings. The minimum Gasteiger partial charge on any atom is -0.370 e. The van der Waals surface area contributed by atoms with Crippen LogP contribution in [0.3, 0.4) is 0 Å². The lowest BCUT2D eigenvalue weighted by atomic mass is 10.1. The highest BCUT2D eigenvalue weighted by Gasteiger charge is 2.19. The van der Waals surface area contributed by atoms with Crippen LogP contribution in [0.2, 0.25) is 0 Å². The normalized spacial score (nSPS) is 15.3. The van der Waals surface area contributed by atoms with E-state index >= 15 is 0 Å². The van der Waals surface area contributed by atoms with Gasteiger partial charge in [-0.05, 0) is 18.9 Å². The summed E-state index contributed by atoms with van der Waals surface area (Å²) < 4.78 is 0. The van der Waals surface area contributed by atoms with Crippen LogP contribution in [0.5, 0.6) is 0 Å². The molecule has 2 aromatic rings. The quantitative estimate of drug-likeness (QED) is 0.436. The van der Waals surface area contributed by atoms with Crippen molar-refractivity contribution in [3.8, 4) is 0 Å². The van der Waals surface area contributed by atoms with Gasteiger partial charge in [0.2, 0.25) is 0 Å². The number of halogens is 1. The van der Waals surface area contributed by atoms with Crippen LogP contribution in [-0.4, -0.2) is 48.6 Å². The molecule has 1 aromatic heterocycles. The van der Waals surface area contributed by atoms with E-state index in [1.165, 1.54) is 11.1 Å². The van der Waals surface area contributed by atoms with Gasteiger partial charge in [-0.1, -0.05) is 29.8 Å². The fourth-order valence-corrected chi connectivity index (χ4v) is 3.35. The first-order valence-corrected chi connectivity index (χ1v) is 8.85. The molecule has 0 bridgehead atoms. The van der Waals surface area contributed by atoms with Crippen LogP contribution in [0.25, 0.3) is 0 Å². The fourth-order valence-electron chi connectivity index (χ4n) is 2.65. The van der Waals surface area contributed by atoms with E-state index in [2.05, 4.69) is 51.0 Å². The van der Waals surface area contributed by atoms with Gasteiger partial charge in [-0.25, -0.2) is 4.98 Å². The number of thiazole rings is 1. The Labute approximate surface area is 164 Å². The number of guanidine groups is 1. The number of nitrogens with zero attached hydrogens (tertiary/aromatic N) is 4. The third-order valence-electron chi connectivity index (χ3n) is 4.09. The van der Waals surface area contributed by atoms with E-state index in [1.54, 1.807) is 11.3 Å². The maximum absolute atomic E-state index is 6.15. The average molecular weight is 457 g/mol. The largest absolute Gasteiger partial charge is 0.370 e. The maximum atomic E-state index is 6.15. The van der Waals surface area contributed by atoms with E-state index in [-0.39, 0.29) is 24.0 Å². The zero-order valence-electron chi connectivity index (χ0n) is 13.9. The van der Waals surface area contributed by atoms with Crippen LogP contribution in [0.4, 0.5) is 5.13 Å². The highest BCUT2D eigenvalue weighted by molar-refractivity contribution is 14.0. The summed E-state index contributed by atoms with van der Waals surface area (Å²) in [6.45, 7) is 6.54. The van der Waals surface area contributed by atoms with Gasteiger partial charge in [0.05, 0.1) is 0 Å². The smallest absolute Gasteiger partial charge is 0.191 e. The molecule has 0 unspecified atom stereocenters. The number of aromatic nitrogens is 1. The van der Waals surface area contributed by atoms with Crippen LogP contribution in [0.1, 0.15) is 11.1 Å². The number of rotatable bonds is 4. The summed E-state index contributed by atoms with van der Waals surface area (Å²) >= 11 is 1.69. The van der Waals surface area contributed by atoms with Gasteiger partial charge in [0.25, 0.3) is 0 Å². The van der Waals surface area contributed by atoms with Crippen LogP contribution in [0, 0.1) is 6.92 Å². The minimum atomic E-state index is 0. The molecule has 0 saturated carbocycles. The molecule has 0 spiro atoms. The molecule has 0 atom stereocenters. The first kappa shape index (κ1) is 19.0. The molecule has 130 valence electrons. The Balaban J connectivity index is 0.00000208. The second kappa shape index (κ2) is 9.22. The third-order valence-corrected chi connectivity index (χ3v) is 4.92. The molecule has 2 heterocycles. The number of piperazine rings is 1. The van der Waals surface area contributed by atoms with Crippen molar-refractivity contribution in [2.75, 3.05) is 37.6 Å². The number of hydrogen-bond acceptors (Lipinski definition) is 4. The van der Waals surface area contributed by atoms with Crippen molar-refractivity contribution in [2.24, 2.45) is 10.7 Å². The van der Waals surface area contributed by atoms with Crippen LogP contribution in [-0.2, 0) is 6.42 Å². The molecule has 3 rings (SSSR count). The standard InChI is InChI=1S/C17H23N5S.HI/c1-14-2-4-15(5-3-14)6-7-19-16(18)21-9-11-22(12-10-21)17-20-8-13-23-17;/h2-5,8,13H,6-7,9-12H2,1H3,(H2,18,19);1H. The maximum Gasteiger partial charge on any atom is 0.191 e. The molecule has 0 amide bonds. The molecule has 1 aliphatic heterocycles. The topological polar surface area (TPSA) is 57.8 Å². The van der Waals surface area contributed by atoms with Crippen molar-refractivity contribution in [2.45, 2.75) is 13.3 Å². The lowest BCUT2D eigenvalue weighted by Crippen LogP contribution is -2.51. The monoisotopic (exact) mass is 457 g/mol. The van der Waals surface area contributed by atoms with Gasteiger partial charge in [-0.3, -0.25) is 4.99 Å². The highest BCUT2D eigenvalue weighted by Crippen LogP contribution is 2.18. The van der Waals surface area contributed by atoms with Crippen molar-refractivity contribution in [3.05, 3.63) is 47.0 Å². The summed E-state index contributed by atoms with van der Waals surface area (Å²) in [5, 5.41) is 3.11. The molecule has 2 N–H and O–H groups in total. The zero-order valence-corrected chi connectivity index (χ0v) is 17.0. The number of hydrogen-bond donors (Lipinski definition) is 1. The first-order valence-electron chi connectivity index (χ1n) is 7.97. The molecule has 1 saturated heterocycles. The third kappa shape index (κ3) is 5.07. The summed E-state index contributed by atoms with van der Waals surface area (Å²) in [7, 11) is 0. The molecule has 7 heteroatoms. The SMILES string of the molecule is Cc1ccc(CCN=C(N)N2CCN(c3nccs3)CC2)cc1.I. The Morgan fingerprint density at radius 3 is 2.54 bits per heavy atom. The number of benzene rings is 1. The van der Waals surface area contributed by atoms with E-state index in [0.717, 1.165) is 44.3 Å². The van der Waals surface area contributed by atoms with Crippen molar-refractivity contribution >= 4 is 46.4 Å². The Bertz CT molecular complexity index is 634. The number of anilines is 1. The molecule has 1 aliphatic rings. The Hall–Kier alpha value is -1.35. The van der Waals surface area contributed by atoms with Crippen LogP contribution >= 0.6 is 35.3 Å². The summed E-state index contributed by atoms with van der Waals surface area (Å²) in [4.78, 5) is 13.4. The molecule has 0 radical (unpaired) electrons. The minimum absolute atomic E-state index is 0. The van der Waals surface area contributed by atoms with Crippen molar-refractivity contribution in [1.82, 2.24) is 9.88 Å². The van der Waals surface area contributed by atoms with Gasteiger partial charge < -0.3 is 15.5 Å². The highest BCUT2D eigenvalue weighted by atomic mass is 127. The van der Waals surface area contributed by atoms with E-state index in [1.807, 2.05) is 11.6 Å². The second-order valence-electron chi connectivity index (χ2n) is 5.76. The number of nitrogens with two attached hydrogens (primary N) is 1. The van der Waals surface area contributed by atoms with Crippen LogP contribution in [0.15, 0.2) is 40.8 Å². The van der Waals surface area contributed by atoms with Gasteiger partial charge in [-0.2, -0.15) is 0 Å². The Morgan fingerprint density at radius 1 is 1.21 bits per heavy atom. The summed E-state index contributed by atoms with van der Waals surface area (Å²) in [5.74, 6) is 0.663. The molecular weight excluding hydrogens is 433 g/mol. The Morgan fingerprint density at radius 2 is 1.92 bits per heavy atom. The lowest BCUT2D eigenvalue weighted by molar-refractivity contribution is 0.380. The van der Waals surface area contributed by atoms with E-state index in [4.69, 9.17) is 5.73 Å². The molecule has 1 aromatic carbocycles. The molecule has 5 nitrogen and oxygen atoms in total. The van der Waals surface area contributed by atoms with Crippen molar-refractivity contribution < 1.29 is 0 Å². The second-order valence-corrected chi connectivity index (χ2v) is 6.64. The van der Waals surface area contributed by atoms with E-state index in [9.17, 15) is 0 Å². The molecule has 24 heavy (non-hydrogen) atoms. The zero-order chi connectivity index (χ0) is 16.1. The van der Waals surface area contributed by atoms with Crippen molar-refractivity contribution in [3.63, 3.8) is 0 Å². The van der Waals surface area contributed by atoms with Crippen molar-refractivity contribution in [1.29, 1.82) is 0 Å². The number of aryl methyl sites for hydroxylation is 1. The first-order chi connectivity index (χ1) is 11.2. The van der Waals surface area contributed by atoms with Gasteiger partial charge in [-0.15, -0.1) is 35.3 Å². The van der Waals surface area contributed by atoms with Gasteiger partial charge in [0.1, 0.15) is 0 Å². The average Bonchev–Trinajstić information content (AvgIpc) is 3.11. The van der Waals surface area contributed by atoms with Gasteiger partial charge >= 0.3 is 0 Å². The Kier molecular flexibility index (Phi) is 7.29. The predicted octanol–water partition coefficient (Wildman–Crippen LogP) is 2.75. The van der Waals surface area contributed by atoms with Gasteiger partial charge in [0.15, 0.2) is 11.1 Å². The van der Waals surface area contributed by atoms with Crippen LogP contribution < -0.4 is 10.6 Å². The molecule has 0 aliphatic carbocycles. The summed E-state index contributed by atoms with van der Waals surface area (Å²) in [6, 6.07) is 8.60. The predicted molar refractivity (Wildman–Crippen MR) is 113 cm³/mol. The van der Waals surface area contributed by atoms with E-state index in [0.29, 0.717) is 5.96 Å². The fraction of sp³-hybridized carbons (Fsp3) is 0.412. The molecular formula is C17H24IN5S. The lowest BCUT2D eigenvalue weighted by Gasteiger charge is -2.35.